The van der Waals surface area contributed by atoms with E-state index >= 15 is 0 Å². The Hall–Kier alpha value is -1.14. The molecule has 0 aromatic carbocycles. The van der Waals surface area contributed by atoms with Crippen LogP contribution in [0.3, 0.4) is 0 Å². The number of ether oxygens (including phenoxy) is 1. The van der Waals surface area contributed by atoms with Gasteiger partial charge in [-0.25, -0.2) is 0 Å². The van der Waals surface area contributed by atoms with E-state index < -0.39 is 5.97 Å². The van der Waals surface area contributed by atoms with Gasteiger partial charge in [0.25, 0.3) is 0 Å². The highest BCUT2D eigenvalue weighted by Crippen LogP contribution is 2.16. The number of likely N-dealkylation sites (tertiary alicyclic amines) is 1. The van der Waals surface area contributed by atoms with E-state index in [0.717, 1.165) is 25.9 Å². The van der Waals surface area contributed by atoms with Crippen molar-refractivity contribution in [2.24, 2.45) is 5.92 Å². The number of hydrogen-bond donors (Lipinski definition) is 2. The van der Waals surface area contributed by atoms with Crippen LogP contribution in [0.4, 0.5) is 0 Å². The van der Waals surface area contributed by atoms with Crippen LogP contribution in [0.1, 0.15) is 19.3 Å². The van der Waals surface area contributed by atoms with Crippen LogP contribution in [0.2, 0.25) is 0 Å². The quantitative estimate of drug-likeness (QED) is 0.668. The van der Waals surface area contributed by atoms with E-state index in [4.69, 9.17) is 9.84 Å². The third-order valence-corrected chi connectivity index (χ3v) is 3.10. The average Bonchev–Trinajstić information content (AvgIpc) is 2.36. The number of nitrogens with zero attached hydrogens (tertiary/aromatic N) is 1. The van der Waals surface area contributed by atoms with Gasteiger partial charge < -0.3 is 20.1 Å². The minimum Gasteiger partial charge on any atom is -0.480 e. The van der Waals surface area contributed by atoms with E-state index in [2.05, 4.69) is 5.32 Å². The molecule has 1 atom stereocenters. The summed E-state index contributed by atoms with van der Waals surface area (Å²) in [5.74, 6) is -0.372. The minimum absolute atomic E-state index is 0.0197. The van der Waals surface area contributed by atoms with E-state index in [-0.39, 0.29) is 12.5 Å². The maximum absolute atomic E-state index is 11.8. The Bertz CT molecular complexity index is 283. The smallest absolute Gasteiger partial charge is 0.317 e. The van der Waals surface area contributed by atoms with E-state index in [1.807, 2.05) is 4.90 Å². The van der Waals surface area contributed by atoms with Crippen LogP contribution in [0, 0.1) is 5.92 Å². The molecule has 1 aliphatic rings. The summed E-state index contributed by atoms with van der Waals surface area (Å²) in [5, 5.41) is 11.4. The number of hydrogen-bond acceptors (Lipinski definition) is 4. The number of rotatable bonds is 7. The zero-order valence-electron chi connectivity index (χ0n) is 10.9. The topological polar surface area (TPSA) is 78.9 Å². The van der Waals surface area contributed by atoms with Crippen LogP contribution in [0.25, 0.3) is 0 Å². The fraction of sp³-hybridized carbons (Fsp3) is 0.833. The number of carbonyl (C=O) groups excluding carboxylic acids is 1. The average molecular weight is 258 g/mol. The summed E-state index contributed by atoms with van der Waals surface area (Å²) in [4.78, 5) is 24.1. The molecule has 6 nitrogen and oxygen atoms in total. The maximum atomic E-state index is 11.8. The minimum atomic E-state index is -0.848. The molecule has 0 aromatic rings. The van der Waals surface area contributed by atoms with Gasteiger partial charge in [0, 0.05) is 26.7 Å². The fourth-order valence-electron chi connectivity index (χ4n) is 2.19. The first kappa shape index (κ1) is 14.9. The van der Waals surface area contributed by atoms with Crippen molar-refractivity contribution in [2.45, 2.75) is 19.3 Å². The summed E-state index contributed by atoms with van der Waals surface area (Å²) in [5.41, 5.74) is 0. The largest absolute Gasteiger partial charge is 0.480 e. The SMILES string of the molecule is COCCC(=O)N1CCCC(CNCC(=O)O)C1. The number of carboxylic acid groups (broad SMARTS) is 1. The van der Waals surface area contributed by atoms with Crippen LogP contribution >= 0.6 is 0 Å². The molecule has 0 aromatic heterocycles. The van der Waals surface area contributed by atoms with Crippen molar-refractivity contribution in [3.63, 3.8) is 0 Å². The molecular weight excluding hydrogens is 236 g/mol. The van der Waals surface area contributed by atoms with Gasteiger partial charge in [0.05, 0.1) is 19.6 Å². The molecule has 0 spiro atoms. The lowest BCUT2D eigenvalue weighted by molar-refractivity contribution is -0.136. The van der Waals surface area contributed by atoms with Crippen LogP contribution in [-0.4, -0.2) is 61.8 Å². The summed E-state index contributed by atoms with van der Waals surface area (Å²) in [6.45, 7) is 2.61. The molecule has 1 aliphatic heterocycles. The molecule has 18 heavy (non-hydrogen) atoms. The van der Waals surface area contributed by atoms with Crippen LogP contribution in [-0.2, 0) is 14.3 Å². The summed E-state index contributed by atoms with van der Waals surface area (Å²) in [6.07, 6.45) is 2.45. The predicted molar refractivity (Wildman–Crippen MR) is 66.3 cm³/mol. The molecule has 1 fully saturated rings. The normalized spacial score (nSPS) is 19.8. The first-order valence-corrected chi connectivity index (χ1v) is 6.32. The van der Waals surface area contributed by atoms with Crippen molar-refractivity contribution in [3.8, 4) is 0 Å². The molecule has 1 saturated heterocycles. The zero-order valence-corrected chi connectivity index (χ0v) is 10.9. The Morgan fingerprint density at radius 2 is 2.28 bits per heavy atom. The number of piperidine rings is 1. The first-order chi connectivity index (χ1) is 8.63. The molecule has 0 bridgehead atoms. The van der Waals surface area contributed by atoms with E-state index in [1.54, 1.807) is 7.11 Å². The third kappa shape index (κ3) is 5.46. The number of carboxylic acids is 1. The van der Waals surface area contributed by atoms with Gasteiger partial charge in [0.1, 0.15) is 0 Å². The van der Waals surface area contributed by atoms with Crippen molar-refractivity contribution >= 4 is 11.9 Å². The monoisotopic (exact) mass is 258 g/mol. The van der Waals surface area contributed by atoms with Gasteiger partial charge in [-0.3, -0.25) is 9.59 Å². The van der Waals surface area contributed by atoms with E-state index in [1.165, 1.54) is 0 Å². The Labute approximate surface area is 107 Å². The van der Waals surface area contributed by atoms with Gasteiger partial charge in [0.15, 0.2) is 0 Å². The molecule has 0 aliphatic carbocycles. The lowest BCUT2D eigenvalue weighted by atomic mass is 9.97. The predicted octanol–water partition coefficient (Wildman–Crippen LogP) is -0.0643. The highest BCUT2D eigenvalue weighted by atomic mass is 16.5. The summed E-state index contributed by atoms with van der Waals surface area (Å²) in [6, 6.07) is 0. The van der Waals surface area contributed by atoms with Gasteiger partial charge in [-0.1, -0.05) is 0 Å². The van der Waals surface area contributed by atoms with Crippen molar-refractivity contribution in [2.75, 3.05) is 39.9 Å². The molecule has 1 rings (SSSR count). The number of nitrogens with one attached hydrogen (secondary N) is 1. The Balaban J connectivity index is 2.27. The molecule has 2 N–H and O–H groups in total. The molecule has 1 amide bonds. The number of aliphatic carboxylic acids is 1. The number of carbonyl (C=O) groups is 2. The van der Waals surface area contributed by atoms with Crippen molar-refractivity contribution < 1.29 is 19.4 Å². The molecule has 0 radical (unpaired) electrons. The van der Waals surface area contributed by atoms with Crippen molar-refractivity contribution in [1.29, 1.82) is 0 Å². The van der Waals surface area contributed by atoms with Gasteiger partial charge >= 0.3 is 5.97 Å². The molecular formula is C12H22N2O4. The lowest BCUT2D eigenvalue weighted by Gasteiger charge is -2.33. The zero-order chi connectivity index (χ0) is 13.4. The molecule has 1 unspecified atom stereocenters. The van der Waals surface area contributed by atoms with Crippen molar-refractivity contribution in [1.82, 2.24) is 10.2 Å². The summed E-state index contributed by atoms with van der Waals surface area (Å²) >= 11 is 0. The molecule has 1 heterocycles. The van der Waals surface area contributed by atoms with Gasteiger partial charge in [-0.15, -0.1) is 0 Å². The second kappa shape index (κ2) is 8.05. The fourth-order valence-corrected chi connectivity index (χ4v) is 2.19. The van der Waals surface area contributed by atoms with Gasteiger partial charge in [-0.05, 0) is 18.8 Å². The Morgan fingerprint density at radius 1 is 1.50 bits per heavy atom. The van der Waals surface area contributed by atoms with Crippen LogP contribution in [0.15, 0.2) is 0 Å². The molecule has 104 valence electrons. The van der Waals surface area contributed by atoms with Crippen LogP contribution in [0.5, 0.6) is 0 Å². The second-order valence-corrected chi connectivity index (χ2v) is 4.62. The van der Waals surface area contributed by atoms with Crippen molar-refractivity contribution in [3.05, 3.63) is 0 Å². The highest BCUT2D eigenvalue weighted by molar-refractivity contribution is 5.76. The van der Waals surface area contributed by atoms with Gasteiger partial charge in [0.2, 0.25) is 5.91 Å². The van der Waals surface area contributed by atoms with Crippen LogP contribution < -0.4 is 5.32 Å². The first-order valence-electron chi connectivity index (χ1n) is 6.32. The van der Waals surface area contributed by atoms with Gasteiger partial charge in [-0.2, -0.15) is 0 Å². The second-order valence-electron chi connectivity index (χ2n) is 4.62. The molecule has 0 saturated carbocycles. The van der Waals surface area contributed by atoms with E-state index in [0.29, 0.717) is 25.5 Å². The Morgan fingerprint density at radius 3 is 2.94 bits per heavy atom. The Kier molecular flexibility index (Phi) is 6.67. The molecule has 6 heteroatoms. The standard InChI is InChI=1S/C12H22N2O4/c1-18-6-4-11(15)14-5-2-3-10(9-14)7-13-8-12(16)17/h10,13H,2-9H2,1H3,(H,16,17). The summed E-state index contributed by atoms with van der Waals surface area (Å²) < 4.78 is 4.90. The number of methoxy groups -OCH3 is 1. The maximum Gasteiger partial charge on any atom is 0.317 e. The third-order valence-electron chi connectivity index (χ3n) is 3.10. The number of amides is 1. The van der Waals surface area contributed by atoms with E-state index in [9.17, 15) is 9.59 Å². The lowest BCUT2D eigenvalue weighted by Crippen LogP contribution is -2.43. The highest BCUT2D eigenvalue weighted by Gasteiger charge is 2.23. The summed E-state index contributed by atoms with van der Waals surface area (Å²) in [7, 11) is 1.59.